The highest BCUT2D eigenvalue weighted by Gasteiger charge is 2.30. The van der Waals surface area contributed by atoms with Crippen molar-refractivity contribution in [3.8, 4) is 11.1 Å². The SMILES string of the molecule is Cc1cccc(NC(=O)C(CC(=O)O)NC(=O)OCC2c3ccccc3-c3ccccc32)c1. The number of anilines is 1. The fraction of sp³-hybridized carbons (Fsp3) is 0.192. The van der Waals surface area contributed by atoms with E-state index in [4.69, 9.17) is 4.74 Å². The third-order valence-corrected chi connectivity index (χ3v) is 5.62. The molecule has 0 saturated carbocycles. The van der Waals surface area contributed by atoms with Gasteiger partial charge in [-0.25, -0.2) is 4.79 Å². The minimum atomic E-state index is -1.28. The van der Waals surface area contributed by atoms with Gasteiger partial charge in [0.05, 0.1) is 6.42 Å². The predicted octanol–water partition coefficient (Wildman–Crippen LogP) is 4.32. The van der Waals surface area contributed by atoms with Gasteiger partial charge in [0.15, 0.2) is 0 Å². The van der Waals surface area contributed by atoms with Crippen LogP contribution in [0.2, 0.25) is 0 Å². The van der Waals surface area contributed by atoms with Crippen molar-refractivity contribution in [2.24, 2.45) is 0 Å². The zero-order valence-corrected chi connectivity index (χ0v) is 18.1. The second-order valence-corrected chi connectivity index (χ2v) is 7.98. The summed E-state index contributed by atoms with van der Waals surface area (Å²) in [4.78, 5) is 36.4. The van der Waals surface area contributed by atoms with Crippen LogP contribution in [0, 0.1) is 6.92 Å². The van der Waals surface area contributed by atoms with Gasteiger partial charge < -0.3 is 20.5 Å². The third kappa shape index (κ3) is 5.03. The van der Waals surface area contributed by atoms with E-state index in [1.54, 1.807) is 18.2 Å². The monoisotopic (exact) mass is 444 g/mol. The number of ether oxygens (including phenoxy) is 1. The molecule has 0 spiro atoms. The van der Waals surface area contributed by atoms with E-state index in [1.807, 2.05) is 61.5 Å². The van der Waals surface area contributed by atoms with E-state index in [9.17, 15) is 19.5 Å². The standard InChI is InChI=1S/C26H24N2O5/c1-16-7-6-8-17(13-16)27-25(31)23(14-24(29)30)28-26(32)33-15-22-20-11-4-2-9-18(20)19-10-3-5-12-21(19)22/h2-13,22-23H,14-15H2,1H3,(H,27,31)(H,28,32)(H,29,30). The Bertz CT molecular complexity index is 1160. The number of carboxylic acid groups (broad SMARTS) is 1. The summed E-state index contributed by atoms with van der Waals surface area (Å²) >= 11 is 0. The highest BCUT2D eigenvalue weighted by molar-refractivity contribution is 5.98. The van der Waals surface area contributed by atoms with E-state index in [2.05, 4.69) is 10.6 Å². The first-order chi connectivity index (χ1) is 15.9. The van der Waals surface area contributed by atoms with Crippen molar-refractivity contribution in [2.45, 2.75) is 25.3 Å². The van der Waals surface area contributed by atoms with Crippen molar-refractivity contribution < 1.29 is 24.2 Å². The van der Waals surface area contributed by atoms with Crippen molar-refractivity contribution in [3.05, 3.63) is 89.5 Å². The Kier molecular flexibility index (Phi) is 6.40. The van der Waals surface area contributed by atoms with Gasteiger partial charge in [-0.05, 0) is 46.9 Å². The van der Waals surface area contributed by atoms with E-state index >= 15 is 0 Å². The number of aryl methyl sites for hydroxylation is 1. The second kappa shape index (κ2) is 9.56. The van der Waals surface area contributed by atoms with E-state index in [0.29, 0.717) is 5.69 Å². The first-order valence-corrected chi connectivity index (χ1v) is 10.6. The van der Waals surface area contributed by atoms with Crippen LogP contribution in [0.4, 0.5) is 10.5 Å². The Balaban J connectivity index is 1.43. The van der Waals surface area contributed by atoms with Crippen LogP contribution in [0.3, 0.4) is 0 Å². The average Bonchev–Trinajstić information content (AvgIpc) is 3.11. The predicted molar refractivity (Wildman–Crippen MR) is 124 cm³/mol. The lowest BCUT2D eigenvalue weighted by molar-refractivity contribution is -0.139. The van der Waals surface area contributed by atoms with Crippen LogP contribution in [0.5, 0.6) is 0 Å². The van der Waals surface area contributed by atoms with Gasteiger partial charge >= 0.3 is 12.1 Å². The molecule has 0 fully saturated rings. The molecule has 168 valence electrons. The van der Waals surface area contributed by atoms with Gasteiger partial charge in [0.1, 0.15) is 12.6 Å². The molecule has 2 amide bonds. The number of alkyl carbamates (subject to hydrolysis) is 1. The van der Waals surface area contributed by atoms with Gasteiger partial charge in [0, 0.05) is 11.6 Å². The minimum Gasteiger partial charge on any atom is -0.481 e. The van der Waals surface area contributed by atoms with E-state index in [0.717, 1.165) is 27.8 Å². The minimum absolute atomic E-state index is 0.0686. The normalized spacial score (nSPS) is 12.9. The molecule has 3 aromatic rings. The largest absolute Gasteiger partial charge is 0.481 e. The molecule has 0 saturated heterocycles. The van der Waals surface area contributed by atoms with Crippen molar-refractivity contribution >= 4 is 23.7 Å². The summed E-state index contributed by atoms with van der Waals surface area (Å²) in [6.45, 7) is 1.94. The third-order valence-electron chi connectivity index (χ3n) is 5.62. The van der Waals surface area contributed by atoms with Crippen LogP contribution < -0.4 is 10.6 Å². The van der Waals surface area contributed by atoms with Crippen molar-refractivity contribution in [2.75, 3.05) is 11.9 Å². The Morgan fingerprint density at radius 3 is 2.18 bits per heavy atom. The molecule has 7 nitrogen and oxygen atoms in total. The van der Waals surface area contributed by atoms with E-state index in [-0.39, 0.29) is 12.5 Å². The molecule has 7 heteroatoms. The van der Waals surface area contributed by atoms with Crippen LogP contribution in [0.15, 0.2) is 72.8 Å². The fourth-order valence-electron chi connectivity index (χ4n) is 4.12. The number of hydrogen-bond donors (Lipinski definition) is 3. The smallest absolute Gasteiger partial charge is 0.407 e. The molecule has 0 heterocycles. The fourth-order valence-corrected chi connectivity index (χ4v) is 4.12. The molecule has 0 bridgehead atoms. The topological polar surface area (TPSA) is 105 Å². The number of nitrogens with one attached hydrogen (secondary N) is 2. The number of amides is 2. The van der Waals surface area contributed by atoms with Gasteiger partial charge in [-0.3, -0.25) is 9.59 Å². The number of fused-ring (bicyclic) bond motifs is 3. The lowest BCUT2D eigenvalue weighted by atomic mass is 9.98. The molecule has 1 atom stereocenters. The molecular formula is C26H24N2O5. The first kappa shape index (κ1) is 22.1. The first-order valence-electron chi connectivity index (χ1n) is 10.6. The zero-order valence-electron chi connectivity index (χ0n) is 18.1. The lowest BCUT2D eigenvalue weighted by Gasteiger charge is -2.19. The zero-order chi connectivity index (χ0) is 23.4. The van der Waals surface area contributed by atoms with Gasteiger partial charge in [0.2, 0.25) is 5.91 Å². The molecule has 1 aliphatic carbocycles. The lowest BCUT2D eigenvalue weighted by Crippen LogP contribution is -2.45. The summed E-state index contributed by atoms with van der Waals surface area (Å²) in [5.41, 5.74) is 5.78. The molecule has 33 heavy (non-hydrogen) atoms. The second-order valence-electron chi connectivity index (χ2n) is 7.98. The van der Waals surface area contributed by atoms with Gasteiger partial charge in [-0.15, -0.1) is 0 Å². The number of aliphatic carboxylic acids is 1. The van der Waals surface area contributed by atoms with Crippen LogP contribution in [-0.4, -0.2) is 35.7 Å². The van der Waals surface area contributed by atoms with E-state index < -0.39 is 30.4 Å². The number of rotatable bonds is 7. The van der Waals surface area contributed by atoms with Crippen LogP contribution >= 0.6 is 0 Å². The maximum Gasteiger partial charge on any atom is 0.407 e. The number of carbonyl (C=O) groups excluding carboxylic acids is 2. The summed E-state index contributed by atoms with van der Waals surface area (Å²) < 4.78 is 5.45. The number of benzene rings is 3. The maximum absolute atomic E-state index is 12.6. The average molecular weight is 444 g/mol. The maximum atomic E-state index is 12.6. The number of hydrogen-bond acceptors (Lipinski definition) is 4. The van der Waals surface area contributed by atoms with Crippen molar-refractivity contribution in [3.63, 3.8) is 0 Å². The Labute approximate surface area is 191 Å². The Morgan fingerprint density at radius 2 is 1.58 bits per heavy atom. The molecular weight excluding hydrogens is 420 g/mol. The summed E-state index contributed by atoms with van der Waals surface area (Å²) in [6, 6.07) is 21.7. The highest BCUT2D eigenvalue weighted by atomic mass is 16.5. The van der Waals surface area contributed by atoms with Gasteiger partial charge in [-0.1, -0.05) is 60.7 Å². The Morgan fingerprint density at radius 1 is 0.939 bits per heavy atom. The number of carbonyl (C=O) groups is 3. The molecule has 1 aliphatic rings. The molecule has 1 unspecified atom stereocenters. The van der Waals surface area contributed by atoms with Gasteiger partial charge in [0.25, 0.3) is 0 Å². The molecule has 0 radical (unpaired) electrons. The summed E-state index contributed by atoms with van der Waals surface area (Å²) in [5, 5.41) is 14.2. The summed E-state index contributed by atoms with van der Waals surface area (Å²) in [5.74, 6) is -1.97. The molecule has 0 aliphatic heterocycles. The molecule has 0 aromatic heterocycles. The highest BCUT2D eigenvalue weighted by Crippen LogP contribution is 2.44. The van der Waals surface area contributed by atoms with E-state index in [1.165, 1.54) is 0 Å². The van der Waals surface area contributed by atoms with Crippen LogP contribution in [0.1, 0.15) is 29.0 Å². The molecule has 4 rings (SSSR count). The van der Waals surface area contributed by atoms with Crippen LogP contribution in [-0.2, 0) is 14.3 Å². The molecule has 3 N–H and O–H groups in total. The van der Waals surface area contributed by atoms with Crippen LogP contribution in [0.25, 0.3) is 11.1 Å². The summed E-state index contributed by atoms with van der Waals surface area (Å²) in [6.07, 6.45) is -1.41. The summed E-state index contributed by atoms with van der Waals surface area (Å²) in [7, 11) is 0. The quantitative estimate of drug-likeness (QED) is 0.504. The van der Waals surface area contributed by atoms with Crippen molar-refractivity contribution in [1.29, 1.82) is 0 Å². The molecule has 3 aromatic carbocycles. The Hall–Kier alpha value is -4.13. The number of carboxylic acids is 1. The van der Waals surface area contributed by atoms with Gasteiger partial charge in [-0.2, -0.15) is 0 Å². The van der Waals surface area contributed by atoms with Crippen molar-refractivity contribution in [1.82, 2.24) is 5.32 Å².